The third kappa shape index (κ3) is 3.16. The van der Waals surface area contributed by atoms with E-state index >= 15 is 0 Å². The van der Waals surface area contributed by atoms with Crippen LogP contribution in [0.15, 0.2) is 18.2 Å². The van der Waals surface area contributed by atoms with Crippen LogP contribution in [0.25, 0.3) is 0 Å². The molecule has 2 aliphatic rings. The number of hydrogen-bond donors (Lipinski definition) is 1. The summed E-state index contributed by atoms with van der Waals surface area (Å²) < 4.78 is 34.7. The number of sulfone groups is 1. The van der Waals surface area contributed by atoms with Gasteiger partial charge in [-0.05, 0) is 37.5 Å². The maximum atomic E-state index is 11.8. The lowest BCUT2D eigenvalue weighted by Gasteiger charge is -2.22. The fourth-order valence-electron chi connectivity index (χ4n) is 2.84. The number of hydrogen-bond acceptors (Lipinski definition) is 5. The predicted molar refractivity (Wildman–Crippen MR) is 80.7 cm³/mol. The molecule has 0 saturated carbocycles. The molecule has 1 aromatic rings. The van der Waals surface area contributed by atoms with E-state index in [0.717, 1.165) is 29.9 Å². The number of nitrogens with one attached hydrogen (secondary N) is 1. The molecule has 0 radical (unpaired) electrons. The Morgan fingerprint density at radius 1 is 1.29 bits per heavy atom. The molecule has 0 aliphatic carbocycles. The highest BCUT2D eigenvalue weighted by Crippen LogP contribution is 2.32. The van der Waals surface area contributed by atoms with Crippen LogP contribution < -0.4 is 14.8 Å². The van der Waals surface area contributed by atoms with Gasteiger partial charge in [-0.15, -0.1) is 0 Å². The Bertz CT molecular complexity index is 614. The topological polar surface area (TPSA) is 64.6 Å². The smallest absolute Gasteiger partial charge is 0.161 e. The first kappa shape index (κ1) is 14.7. The summed E-state index contributed by atoms with van der Waals surface area (Å²) in [6, 6.07) is 5.95. The maximum absolute atomic E-state index is 11.8. The highest BCUT2D eigenvalue weighted by Gasteiger charge is 2.31. The summed E-state index contributed by atoms with van der Waals surface area (Å²) in [6.45, 7) is 3.70. The van der Waals surface area contributed by atoms with E-state index in [-0.39, 0.29) is 11.3 Å². The van der Waals surface area contributed by atoms with Crippen molar-refractivity contribution in [2.75, 3.05) is 25.5 Å². The van der Waals surface area contributed by atoms with Gasteiger partial charge in [0.05, 0.1) is 11.0 Å². The van der Waals surface area contributed by atoms with Gasteiger partial charge in [0, 0.05) is 12.6 Å². The second kappa shape index (κ2) is 5.85. The number of ether oxygens (including phenoxy) is 2. The molecule has 0 spiro atoms. The minimum absolute atomic E-state index is 0.0802. The average molecular weight is 311 g/mol. The van der Waals surface area contributed by atoms with Gasteiger partial charge in [0.2, 0.25) is 0 Å². The molecule has 1 saturated heterocycles. The average Bonchev–Trinajstić information content (AvgIpc) is 2.83. The van der Waals surface area contributed by atoms with Crippen LogP contribution in [0.4, 0.5) is 0 Å². The molecule has 2 atom stereocenters. The fraction of sp³-hybridized carbons (Fsp3) is 0.600. The Morgan fingerprint density at radius 2 is 2.05 bits per heavy atom. The van der Waals surface area contributed by atoms with Crippen molar-refractivity contribution < 1.29 is 17.9 Å². The second-order valence-corrected chi connectivity index (χ2v) is 8.06. The van der Waals surface area contributed by atoms with E-state index in [1.807, 2.05) is 25.1 Å². The van der Waals surface area contributed by atoms with Crippen molar-refractivity contribution in [2.45, 2.75) is 31.1 Å². The third-order valence-electron chi connectivity index (χ3n) is 4.18. The minimum atomic E-state index is -2.89. The summed E-state index contributed by atoms with van der Waals surface area (Å²) in [5.41, 5.74) is 1.08. The Balaban J connectivity index is 1.64. The number of rotatable bonds is 4. The number of benzene rings is 1. The molecule has 116 valence electrons. The van der Waals surface area contributed by atoms with Crippen LogP contribution >= 0.6 is 0 Å². The highest BCUT2D eigenvalue weighted by atomic mass is 32.2. The highest BCUT2D eigenvalue weighted by molar-refractivity contribution is 7.92. The fourth-order valence-corrected chi connectivity index (χ4v) is 4.62. The molecule has 2 unspecified atom stereocenters. The Morgan fingerprint density at radius 3 is 2.76 bits per heavy atom. The minimum Gasteiger partial charge on any atom is -0.486 e. The summed E-state index contributed by atoms with van der Waals surface area (Å²) in [4.78, 5) is 0. The zero-order valence-electron chi connectivity index (χ0n) is 12.2. The molecular weight excluding hydrogens is 290 g/mol. The molecule has 0 aromatic heterocycles. The van der Waals surface area contributed by atoms with Crippen molar-refractivity contribution in [1.82, 2.24) is 5.32 Å². The van der Waals surface area contributed by atoms with E-state index in [4.69, 9.17) is 9.47 Å². The van der Waals surface area contributed by atoms with Crippen molar-refractivity contribution in [3.8, 4) is 11.5 Å². The lowest BCUT2D eigenvalue weighted by atomic mass is 10.1. The Kier molecular flexibility index (Phi) is 4.08. The first-order valence-electron chi connectivity index (χ1n) is 7.41. The van der Waals surface area contributed by atoms with Crippen LogP contribution in [0.2, 0.25) is 0 Å². The van der Waals surface area contributed by atoms with E-state index in [1.54, 1.807) is 0 Å². The normalized spacial score (nSPS) is 24.7. The van der Waals surface area contributed by atoms with E-state index < -0.39 is 9.84 Å². The van der Waals surface area contributed by atoms with Gasteiger partial charge in [-0.1, -0.05) is 6.07 Å². The van der Waals surface area contributed by atoms with Gasteiger partial charge in [0.15, 0.2) is 21.3 Å². The molecule has 0 amide bonds. The Labute approximate surface area is 125 Å². The molecule has 1 N–H and O–H groups in total. The van der Waals surface area contributed by atoms with Gasteiger partial charge >= 0.3 is 0 Å². The number of fused-ring (bicyclic) bond motifs is 1. The summed E-state index contributed by atoms with van der Waals surface area (Å²) in [5, 5.41) is 3.09. The lowest BCUT2D eigenvalue weighted by molar-refractivity contribution is 0.171. The summed E-state index contributed by atoms with van der Waals surface area (Å²) >= 11 is 0. The van der Waals surface area contributed by atoms with Crippen LogP contribution in [-0.4, -0.2) is 39.2 Å². The van der Waals surface area contributed by atoms with Gasteiger partial charge in [-0.3, -0.25) is 0 Å². The maximum Gasteiger partial charge on any atom is 0.161 e. The second-order valence-electron chi connectivity index (χ2n) is 5.66. The van der Waals surface area contributed by atoms with Crippen molar-refractivity contribution in [3.05, 3.63) is 23.8 Å². The summed E-state index contributed by atoms with van der Waals surface area (Å²) in [7, 11) is -2.89. The van der Waals surface area contributed by atoms with Crippen LogP contribution in [0.1, 0.15) is 31.4 Å². The Hall–Kier alpha value is -1.27. The molecule has 2 aliphatic heterocycles. The van der Waals surface area contributed by atoms with Crippen molar-refractivity contribution in [3.63, 3.8) is 0 Å². The van der Waals surface area contributed by atoms with Gasteiger partial charge in [0.25, 0.3) is 0 Å². The molecule has 2 heterocycles. The first-order chi connectivity index (χ1) is 10.1. The largest absolute Gasteiger partial charge is 0.486 e. The van der Waals surface area contributed by atoms with Crippen LogP contribution in [0, 0.1) is 0 Å². The van der Waals surface area contributed by atoms with Crippen molar-refractivity contribution in [2.24, 2.45) is 0 Å². The van der Waals surface area contributed by atoms with Crippen LogP contribution in [0.5, 0.6) is 11.5 Å². The SMILES string of the molecule is CC(NCC1CCCS1(=O)=O)c1ccc2c(c1)OCCO2. The quantitative estimate of drug-likeness (QED) is 0.916. The van der Waals surface area contributed by atoms with Crippen LogP contribution in [-0.2, 0) is 9.84 Å². The molecule has 3 rings (SSSR count). The monoisotopic (exact) mass is 311 g/mol. The summed E-state index contributed by atoms with van der Waals surface area (Å²) in [5.74, 6) is 1.87. The zero-order valence-corrected chi connectivity index (χ0v) is 13.0. The predicted octanol–water partition coefficient (Wildman–Crippen LogP) is 1.69. The van der Waals surface area contributed by atoms with Gasteiger partial charge in [-0.25, -0.2) is 8.42 Å². The molecule has 1 aromatic carbocycles. The van der Waals surface area contributed by atoms with Crippen molar-refractivity contribution >= 4 is 9.84 Å². The van der Waals surface area contributed by atoms with Gasteiger partial charge in [-0.2, -0.15) is 0 Å². The summed E-state index contributed by atoms with van der Waals surface area (Å²) in [6.07, 6.45) is 1.55. The van der Waals surface area contributed by atoms with E-state index in [0.29, 0.717) is 25.5 Å². The van der Waals surface area contributed by atoms with E-state index in [2.05, 4.69) is 5.32 Å². The molecule has 0 bridgehead atoms. The van der Waals surface area contributed by atoms with E-state index in [9.17, 15) is 8.42 Å². The molecule has 21 heavy (non-hydrogen) atoms. The zero-order chi connectivity index (χ0) is 14.9. The standard InChI is InChI=1S/C15H21NO4S/c1-11(16-10-13-3-2-8-21(13,17)18)12-4-5-14-15(9-12)20-7-6-19-14/h4-5,9,11,13,16H,2-3,6-8,10H2,1H3. The van der Waals surface area contributed by atoms with Crippen LogP contribution in [0.3, 0.4) is 0 Å². The lowest BCUT2D eigenvalue weighted by Crippen LogP contribution is -2.32. The molecule has 1 fully saturated rings. The molecule has 6 heteroatoms. The molecular formula is C15H21NO4S. The van der Waals surface area contributed by atoms with Gasteiger partial charge < -0.3 is 14.8 Å². The van der Waals surface area contributed by atoms with Gasteiger partial charge in [0.1, 0.15) is 13.2 Å². The molecule has 5 nitrogen and oxygen atoms in total. The first-order valence-corrected chi connectivity index (χ1v) is 9.12. The van der Waals surface area contributed by atoms with Crippen molar-refractivity contribution in [1.29, 1.82) is 0 Å². The third-order valence-corrected chi connectivity index (χ3v) is 6.46. The van der Waals surface area contributed by atoms with E-state index in [1.165, 1.54) is 0 Å².